The second kappa shape index (κ2) is 1.58. The highest BCUT2D eigenvalue weighted by atomic mass is 15.2. The predicted molar refractivity (Wildman–Crippen MR) is 36.3 cm³/mol. The topological polar surface area (TPSA) is 49.8 Å². The van der Waals surface area contributed by atoms with Gasteiger partial charge in [0.15, 0.2) is 5.82 Å². The van der Waals surface area contributed by atoms with Gasteiger partial charge in [-0.2, -0.15) is 0 Å². The molecule has 0 saturated carbocycles. The maximum absolute atomic E-state index is 3.97. The van der Waals surface area contributed by atoms with Crippen LogP contribution in [0.5, 0.6) is 0 Å². The van der Waals surface area contributed by atoms with Gasteiger partial charge in [-0.15, -0.1) is 0 Å². The second-order valence-electron chi connectivity index (χ2n) is 1.82. The third kappa shape index (κ3) is 0.595. The van der Waals surface area contributed by atoms with E-state index in [4.69, 9.17) is 0 Å². The fourth-order valence-electron chi connectivity index (χ4n) is 0.823. The third-order valence-electron chi connectivity index (χ3n) is 1.25. The zero-order valence-corrected chi connectivity index (χ0v) is 4.76. The summed E-state index contributed by atoms with van der Waals surface area (Å²) in [4.78, 5) is 7.82. The second-order valence-corrected chi connectivity index (χ2v) is 1.82. The number of nitrogens with zero attached hydrogens (tertiary/aromatic N) is 2. The monoisotopic (exact) mass is 124 g/mol. The van der Waals surface area contributed by atoms with Gasteiger partial charge < -0.3 is 10.6 Å². The quantitative estimate of drug-likeness (QED) is 0.529. The molecule has 2 N–H and O–H groups in total. The van der Waals surface area contributed by atoms with Gasteiger partial charge in [0.05, 0.1) is 18.6 Å². The van der Waals surface area contributed by atoms with Crippen LogP contribution in [0.4, 0.5) is 11.5 Å². The molecular weight excluding hydrogens is 116 g/mol. The number of fused-ring (bicyclic) bond motifs is 1. The average molecular weight is 124 g/mol. The molecule has 0 radical (unpaired) electrons. The molecule has 48 valence electrons. The Bertz CT molecular complexity index is 204. The number of rotatable bonds is 0. The summed E-state index contributed by atoms with van der Waals surface area (Å²) in [6.45, 7) is 0.758. The first kappa shape index (κ1) is 4.55. The number of aromatic nitrogens is 2. The Morgan fingerprint density at radius 3 is 3.44 bits per heavy atom. The molecule has 0 aliphatic carbocycles. The highest BCUT2D eigenvalue weighted by molar-refractivity contribution is 5.67. The van der Waals surface area contributed by atoms with Gasteiger partial charge in [0.25, 0.3) is 0 Å². The summed E-state index contributed by atoms with van der Waals surface area (Å²) >= 11 is 0. The van der Waals surface area contributed by atoms with Crippen molar-refractivity contribution in [1.82, 2.24) is 9.97 Å². The summed E-state index contributed by atoms with van der Waals surface area (Å²) in [5.41, 5.74) is 0.984. The lowest BCUT2D eigenvalue weighted by molar-refractivity contribution is 1.18. The van der Waals surface area contributed by atoms with Crippen LogP contribution < -0.4 is 10.6 Å². The van der Waals surface area contributed by atoms with Crippen molar-refractivity contribution in [1.29, 1.82) is 0 Å². The molecule has 0 aromatic carbocycles. The third-order valence-corrected chi connectivity index (χ3v) is 1.25. The van der Waals surface area contributed by atoms with Crippen LogP contribution in [0.25, 0.3) is 0 Å². The SMILES string of the molecule is [HH].c1ncc2c(n1)NCN2. The molecule has 2 heterocycles. The van der Waals surface area contributed by atoms with E-state index < -0.39 is 0 Å². The Balaban J connectivity index is 0.000000500. The molecule has 0 bridgehead atoms. The Hall–Kier alpha value is -1.32. The summed E-state index contributed by atoms with van der Waals surface area (Å²) in [6, 6.07) is 0. The minimum absolute atomic E-state index is 0. The van der Waals surface area contributed by atoms with E-state index in [0.29, 0.717) is 0 Å². The van der Waals surface area contributed by atoms with Crippen LogP contribution in [-0.4, -0.2) is 16.6 Å². The van der Waals surface area contributed by atoms with Gasteiger partial charge in [0.2, 0.25) is 0 Å². The maximum atomic E-state index is 3.97. The fourth-order valence-corrected chi connectivity index (χ4v) is 0.823. The van der Waals surface area contributed by atoms with Crippen LogP contribution in [-0.2, 0) is 0 Å². The van der Waals surface area contributed by atoms with Crippen molar-refractivity contribution in [2.45, 2.75) is 0 Å². The zero-order valence-electron chi connectivity index (χ0n) is 4.76. The van der Waals surface area contributed by atoms with E-state index in [0.717, 1.165) is 18.2 Å². The van der Waals surface area contributed by atoms with E-state index in [2.05, 4.69) is 20.6 Å². The predicted octanol–water partition coefficient (Wildman–Crippen LogP) is 0.517. The van der Waals surface area contributed by atoms with E-state index in [1.54, 1.807) is 6.20 Å². The molecule has 4 nitrogen and oxygen atoms in total. The molecule has 1 aliphatic heterocycles. The van der Waals surface area contributed by atoms with Crippen LogP contribution >= 0.6 is 0 Å². The molecule has 0 fully saturated rings. The van der Waals surface area contributed by atoms with Crippen molar-refractivity contribution in [2.75, 3.05) is 17.3 Å². The van der Waals surface area contributed by atoms with Crippen LogP contribution in [0.15, 0.2) is 12.5 Å². The minimum atomic E-state index is 0. The highest BCUT2D eigenvalue weighted by Gasteiger charge is 2.07. The van der Waals surface area contributed by atoms with Gasteiger partial charge in [-0.05, 0) is 0 Å². The zero-order chi connectivity index (χ0) is 6.10. The largest absolute Gasteiger partial charge is 0.364 e. The molecule has 0 amide bonds. The molecule has 0 saturated heterocycles. The van der Waals surface area contributed by atoms with Crippen LogP contribution in [0, 0.1) is 0 Å². The van der Waals surface area contributed by atoms with Crippen molar-refractivity contribution in [3.05, 3.63) is 12.5 Å². The fraction of sp³-hybridized carbons (Fsp3) is 0.200. The molecule has 1 aliphatic rings. The first-order chi connectivity index (χ1) is 4.47. The van der Waals surface area contributed by atoms with Crippen molar-refractivity contribution in [3.8, 4) is 0 Å². The first-order valence-corrected chi connectivity index (χ1v) is 2.74. The summed E-state index contributed by atoms with van der Waals surface area (Å²) in [5, 5.41) is 6.10. The summed E-state index contributed by atoms with van der Waals surface area (Å²) in [6.07, 6.45) is 3.28. The van der Waals surface area contributed by atoms with Crippen molar-refractivity contribution >= 4 is 11.5 Å². The number of hydrogen-bond donors (Lipinski definition) is 2. The van der Waals surface area contributed by atoms with Crippen molar-refractivity contribution < 1.29 is 1.43 Å². The summed E-state index contributed by atoms with van der Waals surface area (Å²) in [5.74, 6) is 0.894. The van der Waals surface area contributed by atoms with Gasteiger partial charge in [-0.25, -0.2) is 9.97 Å². The molecule has 1 aromatic heterocycles. The number of hydrogen-bond acceptors (Lipinski definition) is 4. The van der Waals surface area contributed by atoms with Gasteiger partial charge >= 0.3 is 0 Å². The summed E-state index contributed by atoms with van der Waals surface area (Å²) < 4.78 is 0. The van der Waals surface area contributed by atoms with E-state index in [-0.39, 0.29) is 1.43 Å². The standard InChI is InChI=1S/C5H6N4.H2/c1-4-5(8-2-6-1)9-3-7-4;/h1-2,7H,3H2,(H,6,8,9);1H. The molecular formula is C5H8N4. The summed E-state index contributed by atoms with van der Waals surface area (Å²) in [7, 11) is 0. The molecule has 2 rings (SSSR count). The van der Waals surface area contributed by atoms with Crippen LogP contribution in [0.1, 0.15) is 1.43 Å². The average Bonchev–Trinajstić information content (AvgIpc) is 2.33. The maximum Gasteiger partial charge on any atom is 0.154 e. The number of anilines is 2. The smallest absolute Gasteiger partial charge is 0.154 e. The Morgan fingerprint density at radius 1 is 1.56 bits per heavy atom. The van der Waals surface area contributed by atoms with Gasteiger partial charge in [-0.3, -0.25) is 0 Å². The molecule has 4 heteroatoms. The van der Waals surface area contributed by atoms with Crippen molar-refractivity contribution in [2.24, 2.45) is 0 Å². The molecule has 0 spiro atoms. The lowest BCUT2D eigenvalue weighted by Gasteiger charge is -1.91. The van der Waals surface area contributed by atoms with Crippen LogP contribution in [0.2, 0.25) is 0 Å². The molecule has 0 unspecified atom stereocenters. The van der Waals surface area contributed by atoms with Gasteiger partial charge in [0.1, 0.15) is 6.33 Å². The molecule has 1 aromatic rings. The van der Waals surface area contributed by atoms with Crippen LogP contribution in [0.3, 0.4) is 0 Å². The van der Waals surface area contributed by atoms with E-state index >= 15 is 0 Å². The first-order valence-electron chi connectivity index (χ1n) is 2.74. The van der Waals surface area contributed by atoms with Gasteiger partial charge in [-0.1, -0.05) is 0 Å². The minimum Gasteiger partial charge on any atom is -0.364 e. The highest BCUT2D eigenvalue weighted by Crippen LogP contribution is 2.19. The lowest BCUT2D eigenvalue weighted by atomic mass is 10.5. The molecule has 9 heavy (non-hydrogen) atoms. The number of nitrogens with one attached hydrogen (secondary N) is 2. The van der Waals surface area contributed by atoms with E-state index in [1.165, 1.54) is 6.33 Å². The van der Waals surface area contributed by atoms with E-state index in [1.807, 2.05) is 0 Å². The Kier molecular flexibility index (Phi) is 0.798. The Labute approximate surface area is 53.8 Å². The van der Waals surface area contributed by atoms with E-state index in [9.17, 15) is 0 Å². The normalized spacial score (nSPS) is 13.8. The lowest BCUT2D eigenvalue weighted by Crippen LogP contribution is -1.99. The van der Waals surface area contributed by atoms with Crippen molar-refractivity contribution in [3.63, 3.8) is 0 Å². The molecule has 0 atom stereocenters. The Morgan fingerprint density at radius 2 is 2.56 bits per heavy atom. The van der Waals surface area contributed by atoms with Gasteiger partial charge in [0, 0.05) is 1.43 Å².